The van der Waals surface area contributed by atoms with Crippen LogP contribution in [0.5, 0.6) is 0 Å². The Balaban J connectivity index is 3.66. The van der Waals surface area contributed by atoms with E-state index in [1.807, 2.05) is 13.8 Å². The van der Waals surface area contributed by atoms with Crippen molar-refractivity contribution in [3.8, 4) is 0 Å². The minimum absolute atomic E-state index is 0.0274. The van der Waals surface area contributed by atoms with Crippen molar-refractivity contribution in [3.63, 3.8) is 0 Å². The molecule has 3 N–H and O–H groups in total. The normalized spacial score (nSPS) is 22.4. The molecule has 0 fully saturated rings. The monoisotopic (exact) mass is 161 g/mol. The Kier molecular flexibility index (Phi) is 4.65. The van der Waals surface area contributed by atoms with Gasteiger partial charge in [-0.3, -0.25) is 0 Å². The molecule has 0 aliphatic rings. The van der Waals surface area contributed by atoms with Gasteiger partial charge in [0.05, 0.1) is 12.2 Å². The third-order valence-electron chi connectivity index (χ3n) is 1.97. The first kappa shape index (κ1) is 10.9. The van der Waals surface area contributed by atoms with Gasteiger partial charge in [-0.15, -0.1) is 0 Å². The first-order chi connectivity index (χ1) is 4.95. The van der Waals surface area contributed by atoms with E-state index in [9.17, 15) is 0 Å². The van der Waals surface area contributed by atoms with Gasteiger partial charge in [0.15, 0.2) is 0 Å². The highest BCUT2D eigenvalue weighted by atomic mass is 16.3. The van der Waals surface area contributed by atoms with Gasteiger partial charge in [-0.1, -0.05) is 0 Å². The van der Waals surface area contributed by atoms with Gasteiger partial charge >= 0.3 is 0 Å². The second-order valence-corrected chi connectivity index (χ2v) is 3.23. The SMILES string of the molecule is CC(O)C(C)NC(C)C(C)O. The Bertz CT molecular complexity index is 92.3. The van der Waals surface area contributed by atoms with Crippen molar-refractivity contribution in [2.75, 3.05) is 0 Å². The molecule has 0 aromatic carbocycles. The standard InChI is InChI=1S/C8H19NO2/c1-5(7(3)10)9-6(2)8(4)11/h5-11H,1-4H3. The molecule has 3 nitrogen and oxygen atoms in total. The van der Waals surface area contributed by atoms with E-state index in [1.54, 1.807) is 13.8 Å². The lowest BCUT2D eigenvalue weighted by atomic mass is 10.1. The van der Waals surface area contributed by atoms with Crippen molar-refractivity contribution >= 4 is 0 Å². The number of aliphatic hydroxyl groups is 2. The second-order valence-electron chi connectivity index (χ2n) is 3.23. The summed E-state index contributed by atoms with van der Waals surface area (Å²) in [6.07, 6.45) is -0.757. The predicted octanol–water partition coefficient (Wildman–Crippen LogP) is 0.115. The average molecular weight is 161 g/mol. The quantitative estimate of drug-likeness (QED) is 0.548. The van der Waals surface area contributed by atoms with Gasteiger partial charge in [0, 0.05) is 12.1 Å². The molecule has 0 aromatic heterocycles. The highest BCUT2D eigenvalue weighted by molar-refractivity contribution is 4.74. The molecule has 0 heterocycles. The number of rotatable bonds is 4. The van der Waals surface area contributed by atoms with E-state index in [-0.39, 0.29) is 24.3 Å². The summed E-state index contributed by atoms with van der Waals surface area (Å²) in [6, 6.07) is 0.0548. The van der Waals surface area contributed by atoms with Crippen LogP contribution >= 0.6 is 0 Å². The fourth-order valence-electron chi connectivity index (χ4n) is 0.693. The second kappa shape index (κ2) is 4.70. The van der Waals surface area contributed by atoms with E-state index >= 15 is 0 Å². The van der Waals surface area contributed by atoms with Crippen LogP contribution in [-0.2, 0) is 0 Å². The Morgan fingerprint density at radius 3 is 1.27 bits per heavy atom. The molecule has 0 bridgehead atoms. The zero-order valence-electron chi connectivity index (χ0n) is 7.70. The summed E-state index contributed by atoms with van der Waals surface area (Å²) in [5.74, 6) is 0. The third-order valence-corrected chi connectivity index (χ3v) is 1.97. The van der Waals surface area contributed by atoms with Crippen molar-refractivity contribution in [2.45, 2.75) is 52.0 Å². The van der Waals surface area contributed by atoms with Crippen molar-refractivity contribution in [1.29, 1.82) is 0 Å². The molecule has 0 radical (unpaired) electrons. The van der Waals surface area contributed by atoms with E-state index in [1.165, 1.54) is 0 Å². The van der Waals surface area contributed by atoms with Gasteiger partial charge in [-0.2, -0.15) is 0 Å². The van der Waals surface area contributed by atoms with Gasteiger partial charge in [0.2, 0.25) is 0 Å². The first-order valence-corrected chi connectivity index (χ1v) is 4.07. The summed E-state index contributed by atoms with van der Waals surface area (Å²) >= 11 is 0. The molecule has 0 aliphatic heterocycles. The van der Waals surface area contributed by atoms with Crippen LogP contribution < -0.4 is 5.32 Å². The summed E-state index contributed by atoms with van der Waals surface area (Å²) in [4.78, 5) is 0. The first-order valence-electron chi connectivity index (χ1n) is 4.07. The highest BCUT2D eigenvalue weighted by Crippen LogP contribution is 1.96. The summed E-state index contributed by atoms with van der Waals surface area (Å²) in [6.45, 7) is 7.24. The Morgan fingerprint density at radius 1 is 0.818 bits per heavy atom. The minimum atomic E-state index is -0.379. The lowest BCUT2D eigenvalue weighted by molar-refractivity contribution is 0.109. The van der Waals surface area contributed by atoms with Crippen molar-refractivity contribution < 1.29 is 10.2 Å². The fourth-order valence-corrected chi connectivity index (χ4v) is 0.693. The molecule has 0 aromatic rings. The maximum Gasteiger partial charge on any atom is 0.0662 e. The smallest absolute Gasteiger partial charge is 0.0662 e. The zero-order chi connectivity index (χ0) is 9.02. The van der Waals surface area contributed by atoms with E-state index in [0.29, 0.717) is 0 Å². The average Bonchev–Trinajstić information content (AvgIpc) is 1.87. The largest absolute Gasteiger partial charge is 0.392 e. The van der Waals surface area contributed by atoms with Crippen LogP contribution in [0.3, 0.4) is 0 Å². The van der Waals surface area contributed by atoms with Crippen molar-refractivity contribution in [2.24, 2.45) is 0 Å². The molecule has 3 heteroatoms. The van der Waals surface area contributed by atoms with Crippen LogP contribution in [0, 0.1) is 0 Å². The molecule has 68 valence electrons. The van der Waals surface area contributed by atoms with Crippen molar-refractivity contribution in [3.05, 3.63) is 0 Å². The van der Waals surface area contributed by atoms with E-state index in [0.717, 1.165) is 0 Å². The van der Waals surface area contributed by atoms with Gasteiger partial charge in [-0.25, -0.2) is 0 Å². The lowest BCUT2D eigenvalue weighted by Crippen LogP contribution is -2.45. The molecule has 4 unspecified atom stereocenters. The van der Waals surface area contributed by atoms with Crippen LogP contribution in [0.2, 0.25) is 0 Å². The fraction of sp³-hybridized carbons (Fsp3) is 1.00. The molecular weight excluding hydrogens is 142 g/mol. The molecule has 4 atom stereocenters. The molecule has 0 aliphatic carbocycles. The van der Waals surface area contributed by atoms with Gasteiger partial charge in [0.1, 0.15) is 0 Å². The number of nitrogens with one attached hydrogen (secondary N) is 1. The zero-order valence-corrected chi connectivity index (χ0v) is 7.70. The van der Waals surface area contributed by atoms with Crippen LogP contribution in [0.4, 0.5) is 0 Å². The maximum atomic E-state index is 9.11. The molecule has 0 rings (SSSR count). The summed E-state index contributed by atoms with van der Waals surface area (Å²) < 4.78 is 0. The van der Waals surface area contributed by atoms with E-state index in [2.05, 4.69) is 5.32 Å². The van der Waals surface area contributed by atoms with Gasteiger partial charge in [-0.05, 0) is 27.7 Å². The Morgan fingerprint density at radius 2 is 1.09 bits per heavy atom. The summed E-state index contributed by atoms with van der Waals surface area (Å²) in [7, 11) is 0. The number of hydrogen-bond donors (Lipinski definition) is 3. The molecular formula is C8H19NO2. The van der Waals surface area contributed by atoms with Gasteiger partial charge < -0.3 is 15.5 Å². The molecule has 0 amide bonds. The summed E-state index contributed by atoms with van der Waals surface area (Å²) in [5, 5.41) is 21.3. The molecule has 0 spiro atoms. The molecule has 0 saturated carbocycles. The van der Waals surface area contributed by atoms with Crippen molar-refractivity contribution in [1.82, 2.24) is 5.32 Å². The topological polar surface area (TPSA) is 52.5 Å². The minimum Gasteiger partial charge on any atom is -0.392 e. The van der Waals surface area contributed by atoms with Crippen LogP contribution in [0.25, 0.3) is 0 Å². The Labute approximate surface area is 68.4 Å². The molecule has 11 heavy (non-hydrogen) atoms. The Hall–Kier alpha value is -0.120. The molecule has 0 saturated heterocycles. The highest BCUT2D eigenvalue weighted by Gasteiger charge is 2.14. The van der Waals surface area contributed by atoms with Crippen LogP contribution in [0.15, 0.2) is 0 Å². The summed E-state index contributed by atoms with van der Waals surface area (Å²) in [5.41, 5.74) is 0. The number of aliphatic hydroxyl groups excluding tert-OH is 2. The lowest BCUT2D eigenvalue weighted by Gasteiger charge is -2.23. The van der Waals surface area contributed by atoms with Crippen LogP contribution in [-0.4, -0.2) is 34.5 Å². The van der Waals surface area contributed by atoms with E-state index < -0.39 is 0 Å². The maximum absolute atomic E-state index is 9.11. The van der Waals surface area contributed by atoms with Gasteiger partial charge in [0.25, 0.3) is 0 Å². The number of hydrogen-bond acceptors (Lipinski definition) is 3. The third kappa shape index (κ3) is 4.35. The predicted molar refractivity (Wildman–Crippen MR) is 45.4 cm³/mol. The van der Waals surface area contributed by atoms with E-state index in [4.69, 9.17) is 10.2 Å². The van der Waals surface area contributed by atoms with Crippen LogP contribution in [0.1, 0.15) is 27.7 Å².